The number of nitrogens with two attached hydrogens (primary N) is 1. The Bertz CT molecular complexity index is 981. The van der Waals surface area contributed by atoms with Crippen LogP contribution in [0.1, 0.15) is 10.4 Å². The Balaban J connectivity index is 2.29. The summed E-state index contributed by atoms with van der Waals surface area (Å²) in [7, 11) is 1.41. The summed E-state index contributed by atoms with van der Waals surface area (Å²) in [5.41, 5.74) is 5.55. The van der Waals surface area contributed by atoms with Gasteiger partial charge in [-0.05, 0) is 30.3 Å². The summed E-state index contributed by atoms with van der Waals surface area (Å²) < 4.78 is 28.5. The fraction of sp³-hybridized carbons (Fsp3) is 0.0588. The van der Waals surface area contributed by atoms with E-state index in [9.17, 15) is 14.0 Å². The molecule has 1 amide bonds. The first-order chi connectivity index (χ1) is 11.9. The highest BCUT2D eigenvalue weighted by Crippen LogP contribution is 2.39. The van der Waals surface area contributed by atoms with Gasteiger partial charge in [0, 0.05) is 17.0 Å². The molecule has 0 fully saturated rings. The highest BCUT2D eigenvalue weighted by molar-refractivity contribution is 6.33. The molecule has 0 radical (unpaired) electrons. The molecule has 0 aliphatic rings. The van der Waals surface area contributed by atoms with Crippen LogP contribution in [0, 0.1) is 5.82 Å². The van der Waals surface area contributed by atoms with Crippen LogP contribution in [-0.4, -0.2) is 19.2 Å². The largest absolute Gasteiger partial charge is 0.495 e. The molecule has 1 aromatic heterocycles. The third-order valence-electron chi connectivity index (χ3n) is 3.47. The molecular weight excluding hydrogens is 353 g/mol. The molecule has 2 aromatic carbocycles. The molecule has 6 nitrogen and oxygen atoms in total. The van der Waals surface area contributed by atoms with Gasteiger partial charge in [0.2, 0.25) is 0 Å². The van der Waals surface area contributed by atoms with Gasteiger partial charge in [-0.3, -0.25) is 0 Å². The van der Waals surface area contributed by atoms with Gasteiger partial charge in [-0.15, -0.1) is 0 Å². The maximum atomic E-state index is 13.2. The number of hydrogen-bond acceptors (Lipinski definition) is 5. The minimum atomic E-state index is -1.26. The minimum absolute atomic E-state index is 0.0459. The molecule has 0 bridgehead atoms. The topological polar surface area (TPSA) is 91.8 Å². The number of methoxy groups -OCH3 is 1. The quantitative estimate of drug-likeness (QED) is 0.557. The van der Waals surface area contributed by atoms with Gasteiger partial charge in [-0.1, -0.05) is 11.6 Å². The van der Waals surface area contributed by atoms with Crippen LogP contribution in [0.2, 0.25) is 5.02 Å². The second-order valence-corrected chi connectivity index (χ2v) is 5.41. The molecule has 0 spiro atoms. The minimum Gasteiger partial charge on any atom is -0.495 e. The Kier molecular flexibility index (Phi) is 4.33. The van der Waals surface area contributed by atoms with Crippen molar-refractivity contribution in [2.24, 2.45) is 5.73 Å². The van der Waals surface area contributed by atoms with Crippen molar-refractivity contribution in [2.45, 2.75) is 0 Å². The van der Waals surface area contributed by atoms with Crippen LogP contribution < -0.4 is 10.5 Å². The van der Waals surface area contributed by atoms with Crippen molar-refractivity contribution >= 4 is 34.6 Å². The summed E-state index contributed by atoms with van der Waals surface area (Å²) in [6.45, 7) is 0. The predicted molar refractivity (Wildman–Crippen MR) is 88.2 cm³/mol. The fourth-order valence-corrected chi connectivity index (χ4v) is 2.64. The molecule has 128 valence electrons. The van der Waals surface area contributed by atoms with Gasteiger partial charge in [0.15, 0.2) is 0 Å². The summed E-state index contributed by atoms with van der Waals surface area (Å²) >= 11 is 6.07. The van der Waals surface area contributed by atoms with Crippen molar-refractivity contribution in [3.05, 3.63) is 52.8 Å². The second kappa shape index (κ2) is 6.45. The fourth-order valence-electron chi connectivity index (χ4n) is 2.40. The lowest BCUT2D eigenvalue weighted by atomic mass is 10.1. The number of carbonyl (C=O) groups excluding carboxylic acids is 2. The summed E-state index contributed by atoms with van der Waals surface area (Å²) in [6, 6.07) is 8.20. The highest BCUT2D eigenvalue weighted by atomic mass is 35.5. The van der Waals surface area contributed by atoms with Gasteiger partial charge in [0.05, 0.1) is 12.1 Å². The van der Waals surface area contributed by atoms with Crippen LogP contribution in [0.15, 0.2) is 40.8 Å². The number of furan rings is 1. The van der Waals surface area contributed by atoms with Crippen LogP contribution >= 0.6 is 11.6 Å². The maximum absolute atomic E-state index is 13.2. The maximum Gasteiger partial charge on any atom is 0.412 e. The van der Waals surface area contributed by atoms with Gasteiger partial charge >= 0.3 is 12.1 Å². The van der Waals surface area contributed by atoms with E-state index < -0.39 is 17.9 Å². The smallest absolute Gasteiger partial charge is 0.412 e. The molecule has 0 aliphatic carbocycles. The van der Waals surface area contributed by atoms with Gasteiger partial charge in [0.25, 0.3) is 0 Å². The molecule has 3 rings (SSSR count). The molecule has 0 unspecified atom stereocenters. The van der Waals surface area contributed by atoms with E-state index in [1.807, 2.05) is 0 Å². The lowest BCUT2D eigenvalue weighted by Crippen LogP contribution is -2.18. The number of rotatable bonds is 3. The average Bonchev–Trinajstić information content (AvgIpc) is 2.92. The van der Waals surface area contributed by atoms with E-state index in [0.29, 0.717) is 16.7 Å². The zero-order valence-electron chi connectivity index (χ0n) is 12.8. The Morgan fingerprint density at radius 2 is 1.88 bits per heavy atom. The lowest BCUT2D eigenvalue weighted by molar-refractivity contribution is 0.0640. The third kappa shape index (κ3) is 3.14. The van der Waals surface area contributed by atoms with Gasteiger partial charge in [-0.25, -0.2) is 14.0 Å². The summed E-state index contributed by atoms with van der Waals surface area (Å²) in [5.74, 6) is -1.07. The first-order valence-electron chi connectivity index (χ1n) is 6.98. The van der Waals surface area contributed by atoms with Crippen molar-refractivity contribution in [2.75, 3.05) is 7.11 Å². The monoisotopic (exact) mass is 363 g/mol. The van der Waals surface area contributed by atoms with Crippen molar-refractivity contribution in [3.63, 3.8) is 0 Å². The molecule has 3 aromatic rings. The zero-order valence-corrected chi connectivity index (χ0v) is 13.6. The summed E-state index contributed by atoms with van der Waals surface area (Å²) in [4.78, 5) is 23.3. The van der Waals surface area contributed by atoms with Crippen molar-refractivity contribution in [3.8, 4) is 17.1 Å². The van der Waals surface area contributed by atoms with Crippen LogP contribution in [0.5, 0.6) is 5.75 Å². The van der Waals surface area contributed by atoms with Gasteiger partial charge in [-0.2, -0.15) is 0 Å². The third-order valence-corrected chi connectivity index (χ3v) is 3.76. The first kappa shape index (κ1) is 16.8. The Hall–Kier alpha value is -3.06. The van der Waals surface area contributed by atoms with E-state index in [4.69, 9.17) is 26.5 Å². The molecule has 2 N–H and O–H groups in total. The SMILES string of the molecule is COc1cc2c(C(=O)OC(N)=O)c(-c3ccc(F)cc3)oc2cc1Cl. The molecule has 0 atom stereocenters. The van der Waals surface area contributed by atoms with E-state index in [0.717, 1.165) is 0 Å². The number of hydrogen-bond donors (Lipinski definition) is 1. The Morgan fingerprint density at radius 3 is 2.48 bits per heavy atom. The van der Waals surface area contributed by atoms with Crippen LogP contribution in [0.3, 0.4) is 0 Å². The molecule has 1 heterocycles. The number of primary amides is 1. The molecule has 0 aliphatic heterocycles. The number of amides is 1. The molecule has 0 saturated carbocycles. The van der Waals surface area contributed by atoms with E-state index in [1.165, 1.54) is 43.5 Å². The van der Waals surface area contributed by atoms with E-state index >= 15 is 0 Å². The zero-order chi connectivity index (χ0) is 18.1. The number of benzene rings is 2. The summed E-state index contributed by atoms with van der Waals surface area (Å²) in [5, 5.41) is 0.580. The van der Waals surface area contributed by atoms with Crippen molar-refractivity contribution < 1.29 is 27.9 Å². The number of halogens is 2. The Labute approximate surface area is 145 Å². The predicted octanol–water partition coefficient (Wildman–Crippen LogP) is 4.14. The first-order valence-corrected chi connectivity index (χ1v) is 7.36. The number of ether oxygens (including phenoxy) is 2. The lowest BCUT2D eigenvalue weighted by Gasteiger charge is -2.04. The summed E-state index contributed by atoms with van der Waals surface area (Å²) in [6.07, 6.45) is -1.26. The van der Waals surface area contributed by atoms with E-state index in [1.54, 1.807) is 0 Å². The van der Waals surface area contributed by atoms with E-state index in [-0.39, 0.29) is 21.9 Å². The van der Waals surface area contributed by atoms with Gasteiger partial charge < -0.3 is 19.6 Å². The highest BCUT2D eigenvalue weighted by Gasteiger charge is 2.26. The number of esters is 1. The number of carbonyl (C=O) groups is 2. The molecule has 8 heteroatoms. The number of fused-ring (bicyclic) bond motifs is 1. The standard InChI is InChI=1S/C17H11ClFNO5/c1-23-13-6-10-12(7-11(13)18)24-15(8-2-4-9(19)5-3-8)14(10)16(21)25-17(20)22/h2-7H,1H3,(H2,20,22). The average molecular weight is 364 g/mol. The van der Waals surface area contributed by atoms with Crippen molar-refractivity contribution in [1.82, 2.24) is 0 Å². The van der Waals surface area contributed by atoms with E-state index in [2.05, 4.69) is 4.74 Å². The second-order valence-electron chi connectivity index (χ2n) is 5.00. The van der Waals surface area contributed by atoms with Crippen molar-refractivity contribution in [1.29, 1.82) is 0 Å². The van der Waals surface area contributed by atoms with Crippen LogP contribution in [0.25, 0.3) is 22.3 Å². The van der Waals surface area contributed by atoms with Crippen LogP contribution in [0.4, 0.5) is 9.18 Å². The van der Waals surface area contributed by atoms with Crippen LogP contribution in [-0.2, 0) is 4.74 Å². The van der Waals surface area contributed by atoms with Gasteiger partial charge in [0.1, 0.15) is 28.5 Å². The normalized spacial score (nSPS) is 10.7. The molecular formula is C17H11ClFNO5. The molecule has 25 heavy (non-hydrogen) atoms. The Morgan fingerprint density at radius 1 is 1.20 bits per heavy atom. The molecule has 0 saturated heterocycles.